The molecule has 1 aliphatic rings. The van der Waals surface area contributed by atoms with Crippen LogP contribution in [0.3, 0.4) is 0 Å². The van der Waals surface area contributed by atoms with Crippen molar-refractivity contribution in [3.63, 3.8) is 0 Å². The summed E-state index contributed by atoms with van der Waals surface area (Å²) in [5.74, 6) is 2.06. The van der Waals surface area contributed by atoms with Gasteiger partial charge in [0.15, 0.2) is 5.60 Å². The normalized spacial score (nSPS) is 18.8. The molecule has 1 aromatic rings. The molecule has 134 valence electrons. The number of nitrogens with zero attached hydrogens (tertiary/aromatic N) is 2. The molecule has 1 saturated heterocycles. The van der Waals surface area contributed by atoms with Crippen molar-refractivity contribution >= 4 is 17.5 Å². The molecule has 0 spiro atoms. The Kier molecular flexibility index (Phi) is 6.13. The number of aromatic nitrogens is 1. The molecule has 5 heteroatoms. The van der Waals surface area contributed by atoms with Crippen molar-refractivity contribution in [2.45, 2.75) is 53.1 Å². The molecule has 24 heavy (non-hydrogen) atoms. The van der Waals surface area contributed by atoms with Gasteiger partial charge < -0.3 is 9.64 Å². The van der Waals surface area contributed by atoms with E-state index in [9.17, 15) is 4.79 Å². The van der Waals surface area contributed by atoms with Crippen LogP contribution in [0, 0.1) is 17.8 Å². The highest BCUT2D eigenvalue weighted by Crippen LogP contribution is 2.31. The van der Waals surface area contributed by atoms with E-state index in [1.54, 1.807) is 18.3 Å². The van der Waals surface area contributed by atoms with E-state index in [1.807, 2.05) is 25.7 Å². The molecule has 0 N–H and O–H groups in total. The van der Waals surface area contributed by atoms with E-state index >= 15 is 0 Å². The quantitative estimate of drug-likeness (QED) is 0.736. The van der Waals surface area contributed by atoms with Gasteiger partial charge in [-0.25, -0.2) is 4.98 Å². The van der Waals surface area contributed by atoms with Gasteiger partial charge in [0.25, 0.3) is 5.91 Å². The van der Waals surface area contributed by atoms with Gasteiger partial charge in [-0.2, -0.15) is 0 Å². The minimum Gasteiger partial charge on any atom is -0.476 e. The van der Waals surface area contributed by atoms with E-state index in [0.717, 1.165) is 25.9 Å². The minimum atomic E-state index is -0.903. The number of amides is 1. The first kappa shape index (κ1) is 19.0. The average molecular weight is 353 g/mol. The summed E-state index contributed by atoms with van der Waals surface area (Å²) in [6.07, 6.45) is 3.71. The zero-order chi connectivity index (χ0) is 17.9. The van der Waals surface area contributed by atoms with Gasteiger partial charge in [0.2, 0.25) is 0 Å². The first-order valence-corrected chi connectivity index (χ1v) is 9.21. The monoisotopic (exact) mass is 352 g/mol. The zero-order valence-corrected chi connectivity index (χ0v) is 16.1. The Morgan fingerprint density at radius 1 is 1.29 bits per heavy atom. The highest BCUT2D eigenvalue weighted by Gasteiger charge is 2.43. The smallest absolute Gasteiger partial charge is 0.266 e. The molecule has 1 fully saturated rings. The molecular weight excluding hydrogens is 324 g/mol. The second-order valence-corrected chi connectivity index (χ2v) is 7.94. The Morgan fingerprint density at radius 2 is 1.92 bits per heavy atom. The number of pyridine rings is 1. The third-order valence-corrected chi connectivity index (χ3v) is 5.55. The van der Waals surface area contributed by atoms with Crippen LogP contribution in [-0.2, 0) is 4.79 Å². The van der Waals surface area contributed by atoms with Gasteiger partial charge in [0.05, 0.1) is 6.20 Å². The van der Waals surface area contributed by atoms with Crippen LogP contribution < -0.4 is 4.74 Å². The fourth-order valence-corrected chi connectivity index (χ4v) is 3.27. The summed E-state index contributed by atoms with van der Waals surface area (Å²) >= 11 is 5.83. The Bertz CT molecular complexity index is 551. The lowest BCUT2D eigenvalue weighted by Gasteiger charge is -2.41. The number of ether oxygens (including phenoxy) is 1. The maximum Gasteiger partial charge on any atom is 0.266 e. The van der Waals surface area contributed by atoms with Crippen LogP contribution in [0.15, 0.2) is 18.3 Å². The van der Waals surface area contributed by atoms with E-state index in [0.29, 0.717) is 22.7 Å². The molecule has 4 nitrogen and oxygen atoms in total. The number of rotatable bonds is 5. The third kappa shape index (κ3) is 4.21. The van der Waals surface area contributed by atoms with Crippen molar-refractivity contribution in [1.29, 1.82) is 0 Å². The SMILES string of the molecule is CC(C)C1CCN(C(=O)C(C)(Oc2ccc(Cl)nc2)C(C)C)CC1. The molecule has 0 saturated carbocycles. The van der Waals surface area contributed by atoms with Crippen LogP contribution in [-0.4, -0.2) is 34.5 Å². The summed E-state index contributed by atoms with van der Waals surface area (Å²) < 4.78 is 6.10. The summed E-state index contributed by atoms with van der Waals surface area (Å²) in [4.78, 5) is 19.2. The van der Waals surface area contributed by atoms with Gasteiger partial charge >= 0.3 is 0 Å². The number of hydrogen-bond acceptors (Lipinski definition) is 3. The van der Waals surface area contributed by atoms with E-state index in [2.05, 4.69) is 18.8 Å². The maximum absolute atomic E-state index is 13.2. The molecule has 2 heterocycles. The van der Waals surface area contributed by atoms with Crippen molar-refractivity contribution in [1.82, 2.24) is 9.88 Å². The van der Waals surface area contributed by atoms with Crippen LogP contribution in [0.2, 0.25) is 5.15 Å². The van der Waals surface area contributed by atoms with E-state index < -0.39 is 5.60 Å². The molecule has 1 aromatic heterocycles. The van der Waals surface area contributed by atoms with E-state index in [-0.39, 0.29) is 11.8 Å². The van der Waals surface area contributed by atoms with Crippen LogP contribution in [0.25, 0.3) is 0 Å². The topological polar surface area (TPSA) is 42.4 Å². The highest BCUT2D eigenvalue weighted by atomic mass is 35.5. The van der Waals surface area contributed by atoms with Crippen LogP contribution in [0.4, 0.5) is 0 Å². The largest absolute Gasteiger partial charge is 0.476 e. The maximum atomic E-state index is 13.2. The molecule has 2 rings (SSSR count). The Hall–Kier alpha value is -1.29. The molecule has 1 aliphatic heterocycles. The highest BCUT2D eigenvalue weighted by molar-refractivity contribution is 6.29. The lowest BCUT2D eigenvalue weighted by atomic mass is 9.85. The Labute approximate surface area is 150 Å². The first-order valence-electron chi connectivity index (χ1n) is 8.84. The van der Waals surface area contributed by atoms with Gasteiger partial charge in [-0.3, -0.25) is 4.79 Å². The Morgan fingerprint density at radius 3 is 2.38 bits per heavy atom. The Balaban J connectivity index is 2.11. The lowest BCUT2D eigenvalue weighted by molar-refractivity contribution is -0.152. The van der Waals surface area contributed by atoms with Crippen molar-refractivity contribution in [2.75, 3.05) is 13.1 Å². The number of halogens is 1. The van der Waals surface area contributed by atoms with Crippen molar-refractivity contribution in [2.24, 2.45) is 17.8 Å². The summed E-state index contributed by atoms with van der Waals surface area (Å²) in [5, 5.41) is 0.413. The summed E-state index contributed by atoms with van der Waals surface area (Å²) in [6.45, 7) is 12.1. The number of carbonyl (C=O) groups is 1. The molecular formula is C19H29ClN2O2. The predicted octanol–water partition coefficient (Wildman–Crippen LogP) is 4.42. The predicted molar refractivity (Wildman–Crippen MR) is 97.3 cm³/mol. The molecule has 0 aromatic carbocycles. The van der Waals surface area contributed by atoms with E-state index in [1.165, 1.54) is 0 Å². The fraction of sp³-hybridized carbons (Fsp3) is 0.684. The van der Waals surface area contributed by atoms with Gasteiger partial charge in [-0.15, -0.1) is 0 Å². The standard InChI is InChI=1S/C19H29ClN2O2/c1-13(2)15-8-10-22(11-9-15)18(23)19(5,14(3)4)24-16-6-7-17(20)21-12-16/h6-7,12-15H,8-11H2,1-5H3. The fourth-order valence-electron chi connectivity index (χ4n) is 3.16. The van der Waals surface area contributed by atoms with Crippen molar-refractivity contribution < 1.29 is 9.53 Å². The van der Waals surface area contributed by atoms with Gasteiger partial charge in [0.1, 0.15) is 10.9 Å². The summed E-state index contributed by atoms with van der Waals surface area (Å²) in [7, 11) is 0. The third-order valence-electron chi connectivity index (χ3n) is 5.33. The molecule has 1 unspecified atom stereocenters. The van der Waals surface area contributed by atoms with Gasteiger partial charge in [-0.1, -0.05) is 39.3 Å². The second kappa shape index (κ2) is 7.73. The number of likely N-dealkylation sites (tertiary alicyclic amines) is 1. The number of carbonyl (C=O) groups excluding carboxylic acids is 1. The van der Waals surface area contributed by atoms with Gasteiger partial charge in [0, 0.05) is 19.0 Å². The zero-order valence-electron chi connectivity index (χ0n) is 15.4. The first-order chi connectivity index (χ1) is 11.2. The average Bonchev–Trinajstić information content (AvgIpc) is 2.56. The number of piperidine rings is 1. The van der Waals surface area contributed by atoms with Gasteiger partial charge in [-0.05, 0) is 43.7 Å². The minimum absolute atomic E-state index is 0.0449. The van der Waals surface area contributed by atoms with E-state index in [4.69, 9.17) is 16.3 Å². The van der Waals surface area contributed by atoms with Crippen LogP contribution in [0.1, 0.15) is 47.5 Å². The summed E-state index contributed by atoms with van der Waals surface area (Å²) in [6, 6.07) is 3.44. The molecule has 1 amide bonds. The second-order valence-electron chi connectivity index (χ2n) is 7.55. The molecule has 0 aliphatic carbocycles. The molecule has 1 atom stereocenters. The molecule has 0 bridgehead atoms. The van der Waals surface area contributed by atoms with Crippen LogP contribution >= 0.6 is 11.6 Å². The van der Waals surface area contributed by atoms with Crippen LogP contribution in [0.5, 0.6) is 5.75 Å². The summed E-state index contributed by atoms with van der Waals surface area (Å²) in [5.41, 5.74) is -0.903. The lowest BCUT2D eigenvalue weighted by Crippen LogP contribution is -2.56. The molecule has 0 radical (unpaired) electrons. The van der Waals surface area contributed by atoms with Crippen molar-refractivity contribution in [3.8, 4) is 5.75 Å². The number of hydrogen-bond donors (Lipinski definition) is 0. The van der Waals surface area contributed by atoms with Crippen molar-refractivity contribution in [3.05, 3.63) is 23.5 Å².